The molecule has 0 radical (unpaired) electrons. The predicted octanol–water partition coefficient (Wildman–Crippen LogP) is 5.01. The van der Waals surface area contributed by atoms with Crippen LogP contribution >= 0.6 is 0 Å². The predicted molar refractivity (Wildman–Crippen MR) is 112 cm³/mol. The maximum absolute atomic E-state index is 12.7. The topological polar surface area (TPSA) is 29.1 Å². The minimum absolute atomic E-state index is 0.414. The van der Waals surface area contributed by atoms with Crippen LogP contribution in [0.4, 0.5) is 5.69 Å². The van der Waals surface area contributed by atoms with Gasteiger partial charge in [0.15, 0.2) is 4.86 Å². The molecule has 26 heavy (non-hydrogen) atoms. The molecule has 1 unspecified atom stereocenters. The zero-order valence-electron chi connectivity index (χ0n) is 14.3. The van der Waals surface area contributed by atoms with Gasteiger partial charge in [-0.3, -0.25) is 0 Å². The molecule has 2 atom stereocenters. The van der Waals surface area contributed by atoms with Crippen molar-refractivity contribution in [2.24, 2.45) is 0 Å². The first kappa shape index (κ1) is 17.1. The highest BCUT2D eigenvalue weighted by Gasteiger charge is 2.36. The van der Waals surface area contributed by atoms with Gasteiger partial charge in [-0.2, -0.15) is 0 Å². The molecular weight excluding hydrogens is 358 g/mol. The van der Waals surface area contributed by atoms with Gasteiger partial charge in [-0.1, -0.05) is 54.6 Å². The second-order valence-corrected chi connectivity index (χ2v) is 8.66. The van der Waals surface area contributed by atoms with Crippen LogP contribution in [0.15, 0.2) is 94.7 Å². The van der Waals surface area contributed by atoms with Crippen LogP contribution in [0.5, 0.6) is 0 Å². The molecule has 3 aromatic rings. The van der Waals surface area contributed by atoms with Gasteiger partial charge in [-0.15, -0.1) is 0 Å². The number of rotatable bonds is 5. The summed E-state index contributed by atoms with van der Waals surface area (Å²) in [5, 5.41) is 0. The van der Waals surface area contributed by atoms with Gasteiger partial charge in [0.25, 0.3) is 0 Å². The van der Waals surface area contributed by atoms with Crippen molar-refractivity contribution in [2.75, 3.05) is 4.72 Å². The Hall–Kier alpha value is -2.30. The van der Waals surface area contributed by atoms with Gasteiger partial charge in [0.2, 0.25) is 16.2 Å². The third-order valence-electron chi connectivity index (χ3n) is 4.56. The molecule has 0 spiro atoms. The second kappa shape index (κ2) is 7.94. The van der Waals surface area contributed by atoms with E-state index in [1.54, 1.807) is 0 Å². The number of hydrogen-bond acceptors (Lipinski definition) is 1. The molecule has 4 rings (SSSR count). The Bertz CT molecular complexity index is 939. The van der Waals surface area contributed by atoms with Crippen molar-refractivity contribution < 1.29 is 4.21 Å². The summed E-state index contributed by atoms with van der Waals surface area (Å²) in [6.07, 6.45) is 2.28. The minimum Gasteiger partial charge on any atom is -0.301 e. The van der Waals surface area contributed by atoms with Crippen LogP contribution in [0.25, 0.3) is 0 Å². The van der Waals surface area contributed by atoms with Gasteiger partial charge in [0.1, 0.15) is 11.0 Å². The fourth-order valence-electron chi connectivity index (χ4n) is 3.09. The van der Waals surface area contributed by atoms with Crippen LogP contribution in [0.2, 0.25) is 0 Å². The molecule has 130 valence electrons. The standard InChI is InChI=1S/C22H20NOS2/c24-26(18-11-5-2-6-12-18)23-21-14-8-7-13-19(21)20-15-16-22(20)25-17-9-3-1-4-10-17/h1-14,20,23H,15-16H2/q+1/t20-,26?/m0/s1. The number of hydrogen-bond donors (Lipinski definition) is 1. The van der Waals surface area contributed by atoms with E-state index in [0.29, 0.717) is 5.92 Å². The molecule has 0 heterocycles. The maximum atomic E-state index is 12.7. The minimum atomic E-state index is -1.25. The number of anilines is 1. The van der Waals surface area contributed by atoms with E-state index in [1.165, 1.54) is 15.3 Å². The van der Waals surface area contributed by atoms with Gasteiger partial charge in [0, 0.05) is 18.6 Å². The van der Waals surface area contributed by atoms with Crippen molar-refractivity contribution in [3.63, 3.8) is 0 Å². The Morgan fingerprint density at radius 2 is 1.50 bits per heavy atom. The van der Waals surface area contributed by atoms with E-state index < -0.39 is 11.0 Å². The lowest BCUT2D eigenvalue weighted by atomic mass is 9.79. The fraction of sp³-hybridized carbons (Fsp3) is 0.136. The Morgan fingerprint density at radius 3 is 2.19 bits per heavy atom. The van der Waals surface area contributed by atoms with Crippen molar-refractivity contribution >= 4 is 32.9 Å². The van der Waals surface area contributed by atoms with E-state index in [1.807, 2.05) is 59.9 Å². The van der Waals surface area contributed by atoms with E-state index in [0.717, 1.165) is 23.4 Å². The lowest BCUT2D eigenvalue weighted by molar-refractivity contribution is 0.685. The molecule has 1 aliphatic rings. The van der Waals surface area contributed by atoms with E-state index >= 15 is 0 Å². The summed E-state index contributed by atoms with van der Waals surface area (Å²) in [5.74, 6) is 0.414. The number of para-hydroxylation sites is 1. The third-order valence-corrected chi connectivity index (χ3v) is 6.92. The largest absolute Gasteiger partial charge is 0.301 e. The summed E-state index contributed by atoms with van der Waals surface area (Å²) in [6, 6.07) is 28.3. The van der Waals surface area contributed by atoms with Crippen LogP contribution in [0.1, 0.15) is 24.3 Å². The van der Waals surface area contributed by atoms with Crippen LogP contribution in [0.3, 0.4) is 0 Å². The number of benzene rings is 3. The monoisotopic (exact) mass is 378 g/mol. The first-order valence-corrected chi connectivity index (χ1v) is 10.7. The van der Waals surface area contributed by atoms with E-state index in [2.05, 4.69) is 41.1 Å². The first-order chi connectivity index (χ1) is 12.8. The van der Waals surface area contributed by atoms with Crippen LogP contribution < -0.4 is 4.72 Å². The molecule has 0 aliphatic heterocycles. The summed E-state index contributed by atoms with van der Waals surface area (Å²) in [6.45, 7) is 0. The molecule has 1 N–H and O–H groups in total. The Kier molecular flexibility index (Phi) is 5.23. The Balaban J connectivity index is 1.58. The third kappa shape index (κ3) is 3.76. The summed E-state index contributed by atoms with van der Waals surface area (Å²) < 4.78 is 15.9. The average molecular weight is 379 g/mol. The second-order valence-electron chi connectivity index (χ2n) is 6.24. The maximum Gasteiger partial charge on any atom is 0.230 e. The zero-order chi connectivity index (χ0) is 17.8. The molecule has 3 aromatic carbocycles. The quantitative estimate of drug-likeness (QED) is 0.491. The molecule has 0 aromatic heterocycles. The first-order valence-electron chi connectivity index (χ1n) is 8.72. The molecule has 4 heteroatoms. The van der Waals surface area contributed by atoms with Gasteiger partial charge in [-0.05, 0) is 30.2 Å². The molecule has 1 aliphatic carbocycles. The van der Waals surface area contributed by atoms with Crippen LogP contribution in [-0.4, -0.2) is 9.07 Å². The smallest absolute Gasteiger partial charge is 0.230 e. The van der Waals surface area contributed by atoms with E-state index in [-0.39, 0.29) is 0 Å². The molecule has 1 saturated carbocycles. The highest BCUT2D eigenvalue weighted by molar-refractivity contribution is 7.86. The highest BCUT2D eigenvalue weighted by Crippen LogP contribution is 2.38. The lowest BCUT2D eigenvalue weighted by Crippen LogP contribution is -2.25. The van der Waals surface area contributed by atoms with E-state index in [4.69, 9.17) is 0 Å². The molecule has 0 bridgehead atoms. The summed E-state index contributed by atoms with van der Waals surface area (Å²) in [5.41, 5.74) is 2.20. The van der Waals surface area contributed by atoms with Crippen molar-refractivity contribution in [2.45, 2.75) is 28.6 Å². The molecule has 0 amide bonds. The highest BCUT2D eigenvalue weighted by atomic mass is 32.2. The van der Waals surface area contributed by atoms with E-state index in [9.17, 15) is 4.21 Å². The molecule has 0 saturated heterocycles. The van der Waals surface area contributed by atoms with Gasteiger partial charge < -0.3 is 4.72 Å². The Morgan fingerprint density at radius 1 is 0.846 bits per heavy atom. The van der Waals surface area contributed by atoms with Gasteiger partial charge in [-0.25, -0.2) is 4.21 Å². The van der Waals surface area contributed by atoms with Crippen molar-refractivity contribution in [1.82, 2.24) is 0 Å². The molecular formula is C22H20NOS2+. The van der Waals surface area contributed by atoms with Gasteiger partial charge in [0.05, 0.1) is 16.5 Å². The Labute approximate surface area is 160 Å². The van der Waals surface area contributed by atoms with Gasteiger partial charge >= 0.3 is 0 Å². The number of nitrogens with one attached hydrogen (secondary N) is 1. The van der Waals surface area contributed by atoms with Crippen molar-refractivity contribution in [3.05, 3.63) is 90.5 Å². The summed E-state index contributed by atoms with van der Waals surface area (Å²) in [7, 11) is -1.25. The average Bonchev–Trinajstić information content (AvgIpc) is 2.68. The van der Waals surface area contributed by atoms with Crippen molar-refractivity contribution in [1.29, 1.82) is 0 Å². The normalized spacial score (nSPS) is 18.9. The SMILES string of the molecule is O=S(Nc1ccccc1[C@@H]1CCC1=[S+]c1ccccc1)c1ccccc1. The summed E-state index contributed by atoms with van der Waals surface area (Å²) >= 11 is 1.87. The molecule has 2 nitrogen and oxygen atoms in total. The van der Waals surface area contributed by atoms with Crippen molar-refractivity contribution in [3.8, 4) is 0 Å². The zero-order valence-corrected chi connectivity index (χ0v) is 15.9. The fourth-order valence-corrected chi connectivity index (χ4v) is 5.21. The van der Waals surface area contributed by atoms with Crippen LogP contribution in [0, 0.1) is 0 Å². The lowest BCUT2D eigenvalue weighted by Gasteiger charge is -2.25. The summed E-state index contributed by atoms with van der Waals surface area (Å²) in [4.78, 5) is 3.56. The van der Waals surface area contributed by atoms with Crippen LogP contribution in [-0.2, 0) is 22.3 Å². The molecule has 1 fully saturated rings.